The van der Waals surface area contributed by atoms with E-state index in [0.29, 0.717) is 50.0 Å². The highest BCUT2D eigenvalue weighted by Gasteiger charge is 2.48. The summed E-state index contributed by atoms with van der Waals surface area (Å²) in [6.45, 7) is 0. The smallest absolute Gasteiger partial charge is 0.335 e. The van der Waals surface area contributed by atoms with Crippen LogP contribution >= 0.6 is 22.9 Å². The third-order valence-electron chi connectivity index (χ3n) is 7.92. The number of aryl methyl sites for hydroxylation is 1. The van der Waals surface area contributed by atoms with E-state index in [1.807, 2.05) is 42.5 Å². The quantitative estimate of drug-likeness (QED) is 0.150. The van der Waals surface area contributed by atoms with Crippen LogP contribution < -0.4 is 0 Å². The van der Waals surface area contributed by atoms with Gasteiger partial charge in [-0.25, -0.2) is 4.79 Å². The van der Waals surface area contributed by atoms with Crippen molar-refractivity contribution in [3.8, 4) is 0 Å². The summed E-state index contributed by atoms with van der Waals surface area (Å²) in [6, 6.07) is 7.75. The van der Waals surface area contributed by atoms with Gasteiger partial charge in [0, 0.05) is 33.7 Å². The number of allylic oxidation sites excluding steroid dienone is 3. The molecule has 2 aromatic rings. The number of thiophene rings is 1. The zero-order valence-corrected chi connectivity index (χ0v) is 25.0. The van der Waals surface area contributed by atoms with Gasteiger partial charge in [-0.2, -0.15) is 0 Å². The summed E-state index contributed by atoms with van der Waals surface area (Å²) in [6.07, 6.45) is 1.87. The maximum Gasteiger partial charge on any atom is 0.335 e. The Morgan fingerprint density at radius 2 is 1.88 bits per heavy atom. The Morgan fingerprint density at radius 3 is 2.60 bits per heavy atom. The van der Waals surface area contributed by atoms with E-state index >= 15 is 0 Å². The van der Waals surface area contributed by atoms with E-state index in [0.717, 1.165) is 15.0 Å². The number of halogens is 1. The lowest BCUT2D eigenvalue weighted by Crippen LogP contribution is -2.60. The fourth-order valence-electron chi connectivity index (χ4n) is 5.51. The number of carboxylic acids is 2. The molecule has 5 N–H and O–H groups in total. The van der Waals surface area contributed by atoms with Crippen LogP contribution in [-0.4, -0.2) is 80.1 Å². The van der Waals surface area contributed by atoms with Crippen molar-refractivity contribution in [1.82, 2.24) is 0 Å². The Bertz CT molecular complexity index is 1340. The molecule has 8 atom stereocenters. The molecule has 0 radical (unpaired) electrons. The molecule has 2 unspecified atom stereocenters. The molecular weight excluding hydrogens is 600 g/mol. The maximum atomic E-state index is 12.6. The first-order valence-electron chi connectivity index (χ1n) is 14.4. The van der Waals surface area contributed by atoms with Crippen molar-refractivity contribution in [3.05, 3.63) is 58.5 Å². The van der Waals surface area contributed by atoms with Crippen LogP contribution in [0.25, 0.3) is 10.1 Å². The molecule has 2 aliphatic rings. The van der Waals surface area contributed by atoms with E-state index in [-0.39, 0.29) is 24.0 Å². The van der Waals surface area contributed by atoms with Crippen molar-refractivity contribution in [2.75, 3.05) is 0 Å². The Kier molecular flexibility index (Phi) is 11.9. The number of carbonyl (C=O) groups excluding carboxylic acids is 1. The molecule has 234 valence electrons. The number of ketones is 1. The molecule has 43 heavy (non-hydrogen) atoms. The number of benzene rings is 1. The highest BCUT2D eigenvalue weighted by atomic mass is 35.5. The number of carboxylic acid groups (broad SMARTS) is 2. The molecule has 4 rings (SSSR count). The van der Waals surface area contributed by atoms with E-state index < -0.39 is 48.7 Å². The minimum atomic E-state index is -1.83. The second-order valence-electron chi connectivity index (χ2n) is 10.9. The number of hydrogen-bond acceptors (Lipinski definition) is 9. The lowest BCUT2D eigenvalue weighted by Gasteiger charge is -2.39. The fraction of sp³-hybridized carbons (Fsp3) is 0.516. The summed E-state index contributed by atoms with van der Waals surface area (Å²) in [7, 11) is 0. The second kappa shape index (κ2) is 15.4. The average molecular weight is 637 g/mol. The summed E-state index contributed by atoms with van der Waals surface area (Å²) >= 11 is 8.19. The molecule has 1 saturated carbocycles. The van der Waals surface area contributed by atoms with E-state index in [4.69, 9.17) is 26.2 Å². The number of unbranched alkanes of at least 4 members (excludes halogenated alkanes) is 1. The van der Waals surface area contributed by atoms with E-state index in [1.165, 1.54) is 0 Å². The average Bonchev–Trinajstić information content (AvgIpc) is 3.49. The van der Waals surface area contributed by atoms with Gasteiger partial charge in [0.1, 0.15) is 24.1 Å². The Balaban J connectivity index is 1.49. The van der Waals surface area contributed by atoms with Crippen molar-refractivity contribution in [1.29, 1.82) is 0 Å². The van der Waals surface area contributed by atoms with Crippen LogP contribution in [0, 0.1) is 11.8 Å². The van der Waals surface area contributed by atoms with Crippen LogP contribution in [-0.2, 0) is 30.3 Å². The van der Waals surface area contributed by atoms with Gasteiger partial charge in [0.25, 0.3) is 0 Å². The van der Waals surface area contributed by atoms with Crippen molar-refractivity contribution in [3.63, 3.8) is 0 Å². The summed E-state index contributed by atoms with van der Waals surface area (Å²) in [4.78, 5) is 35.9. The summed E-state index contributed by atoms with van der Waals surface area (Å²) in [5, 5.41) is 50.7. The molecule has 0 amide bonds. The normalized spacial score (nSPS) is 28.7. The predicted molar refractivity (Wildman–Crippen MR) is 160 cm³/mol. The van der Waals surface area contributed by atoms with Crippen LogP contribution in [0.1, 0.15) is 49.8 Å². The first-order valence-corrected chi connectivity index (χ1v) is 15.6. The number of rotatable bonds is 14. The molecule has 1 aromatic heterocycles. The standard InChI is InChI=1S/C31H37ClO10S/c32-25-20-8-5-6-9-22(20)43-23(25)16-14-18(41-31-28(38)26(36)27(37)29(42-31)30(39)40)13-11-17-12-15-21(33)19(17)7-3-1-2-4-10-24(34)35/h1,3,5-6,8-9,11,13,17-19,26-29,31,36-38H,2,4,7,10,12,14-16H2,(H,34,35)(H,39,40)/t17-,18?,19+,26-,27-,28+,29-,31?/m0/s1. The van der Waals surface area contributed by atoms with Gasteiger partial charge in [-0.15, -0.1) is 11.3 Å². The number of aliphatic hydroxyl groups excluding tert-OH is 3. The number of hydrogen-bond donors (Lipinski definition) is 5. The highest BCUT2D eigenvalue weighted by molar-refractivity contribution is 7.19. The highest BCUT2D eigenvalue weighted by Crippen LogP contribution is 2.37. The van der Waals surface area contributed by atoms with Gasteiger partial charge in [-0.05, 0) is 50.5 Å². The molecule has 0 bridgehead atoms. The molecule has 2 heterocycles. The van der Waals surface area contributed by atoms with Gasteiger partial charge >= 0.3 is 11.9 Å². The molecule has 10 nitrogen and oxygen atoms in total. The summed E-state index contributed by atoms with van der Waals surface area (Å²) in [5.41, 5.74) is 0. The van der Waals surface area contributed by atoms with Crippen molar-refractivity contribution in [2.24, 2.45) is 11.8 Å². The first-order chi connectivity index (χ1) is 20.6. The molecule has 1 aliphatic heterocycles. The Hall–Kier alpha value is -2.64. The van der Waals surface area contributed by atoms with Gasteiger partial charge < -0.3 is 35.0 Å². The number of carbonyl (C=O) groups is 3. The van der Waals surface area contributed by atoms with Gasteiger partial charge in [-0.1, -0.05) is 54.1 Å². The molecule has 1 saturated heterocycles. The summed E-state index contributed by atoms with van der Waals surface area (Å²) < 4.78 is 12.4. The number of ether oxygens (including phenoxy) is 2. The lowest BCUT2D eigenvalue weighted by molar-refractivity contribution is -0.300. The van der Waals surface area contributed by atoms with Gasteiger partial charge in [0.05, 0.1) is 11.1 Å². The van der Waals surface area contributed by atoms with Crippen molar-refractivity contribution in [2.45, 2.75) is 88.2 Å². The van der Waals surface area contributed by atoms with Crippen LogP contribution in [0.15, 0.2) is 48.6 Å². The minimum absolute atomic E-state index is 0.0773. The second-order valence-corrected chi connectivity index (χ2v) is 12.5. The van der Waals surface area contributed by atoms with Crippen molar-refractivity contribution >= 4 is 50.7 Å². The Morgan fingerprint density at radius 1 is 1.12 bits per heavy atom. The van der Waals surface area contributed by atoms with Crippen LogP contribution in [0.4, 0.5) is 0 Å². The van der Waals surface area contributed by atoms with Gasteiger partial charge in [0.15, 0.2) is 12.4 Å². The van der Waals surface area contributed by atoms with E-state index in [9.17, 15) is 34.8 Å². The van der Waals surface area contributed by atoms with Crippen LogP contribution in [0.3, 0.4) is 0 Å². The topological polar surface area (TPSA) is 171 Å². The van der Waals surface area contributed by atoms with E-state index in [2.05, 4.69) is 0 Å². The predicted octanol–water partition coefficient (Wildman–Crippen LogP) is 4.12. The minimum Gasteiger partial charge on any atom is -0.481 e. The number of aliphatic hydroxyl groups is 3. The molecule has 12 heteroatoms. The van der Waals surface area contributed by atoms with E-state index in [1.54, 1.807) is 17.4 Å². The van der Waals surface area contributed by atoms with Crippen LogP contribution in [0.2, 0.25) is 5.02 Å². The number of fused-ring (bicyclic) bond motifs is 1. The lowest BCUT2D eigenvalue weighted by atomic mass is 9.91. The van der Waals surface area contributed by atoms with Gasteiger partial charge in [-0.3, -0.25) is 9.59 Å². The zero-order chi connectivity index (χ0) is 31.1. The molecular formula is C31H37ClO10S. The maximum absolute atomic E-state index is 12.6. The zero-order valence-electron chi connectivity index (χ0n) is 23.5. The Labute approximate surface area is 258 Å². The first kappa shape index (κ1) is 33.3. The third-order valence-corrected chi connectivity index (χ3v) is 9.70. The summed E-state index contributed by atoms with van der Waals surface area (Å²) in [5.74, 6) is -2.52. The molecule has 1 aliphatic carbocycles. The third kappa shape index (κ3) is 8.51. The molecule has 0 spiro atoms. The number of aliphatic carboxylic acids is 2. The van der Waals surface area contributed by atoms with Crippen LogP contribution in [0.5, 0.6) is 0 Å². The SMILES string of the molecule is O=C(O)CCCC=CC[C@H]1C(=O)CC[C@@H]1C=CC(CCc1sc2ccccc2c1Cl)OC1O[C@H](C(=O)O)[C@@H](O)[C@H](O)[C@H]1O. The molecule has 2 fully saturated rings. The monoisotopic (exact) mass is 636 g/mol. The fourth-order valence-corrected chi connectivity index (χ4v) is 7.06. The largest absolute Gasteiger partial charge is 0.481 e. The van der Waals surface area contributed by atoms with Crippen molar-refractivity contribution < 1.29 is 49.4 Å². The van der Waals surface area contributed by atoms with Gasteiger partial charge in [0.2, 0.25) is 0 Å². The molecule has 1 aromatic carbocycles. The number of Topliss-reactive ketones (excluding diaryl/α,β-unsaturated/α-hetero) is 1.